The Kier molecular flexibility index (Phi) is 3.20. The van der Waals surface area contributed by atoms with E-state index in [2.05, 4.69) is 27.7 Å². The second-order valence-electron chi connectivity index (χ2n) is 3.71. The number of hydrogen-bond donors (Lipinski definition) is 0. The molecular weight excluding hydrogens is 110 g/mol. The van der Waals surface area contributed by atoms with Crippen molar-refractivity contribution in [3.05, 3.63) is 0 Å². The molecule has 0 rings (SSSR count). The highest BCUT2D eigenvalue weighted by Gasteiger charge is 2.19. The first-order chi connectivity index (χ1) is 3.98. The van der Waals surface area contributed by atoms with Crippen molar-refractivity contribution in [2.45, 2.75) is 46.6 Å². The molecule has 0 fully saturated rings. The van der Waals surface area contributed by atoms with E-state index in [4.69, 9.17) is 5.73 Å². The van der Waals surface area contributed by atoms with Gasteiger partial charge in [-0.3, -0.25) is 5.73 Å². The molecule has 1 nitrogen and oxygen atoms in total. The quantitative estimate of drug-likeness (QED) is 0.545. The summed E-state index contributed by atoms with van der Waals surface area (Å²) in [7, 11) is 0. The van der Waals surface area contributed by atoms with Gasteiger partial charge in [-0.1, -0.05) is 34.1 Å². The zero-order valence-electron chi connectivity index (χ0n) is 6.99. The molecule has 0 amide bonds. The van der Waals surface area contributed by atoms with Crippen LogP contribution < -0.4 is 5.73 Å². The van der Waals surface area contributed by atoms with Crippen LogP contribution in [0.15, 0.2) is 0 Å². The minimum absolute atomic E-state index is 0.113. The van der Waals surface area contributed by atoms with Gasteiger partial charge in [-0.2, -0.15) is 0 Å². The second-order valence-corrected chi connectivity index (χ2v) is 3.71. The lowest BCUT2D eigenvalue weighted by Gasteiger charge is -2.25. The van der Waals surface area contributed by atoms with Crippen LogP contribution in [0.1, 0.15) is 40.5 Å². The smallest absolute Gasteiger partial charge is 0.0261 e. The van der Waals surface area contributed by atoms with Crippen molar-refractivity contribution < 1.29 is 0 Å². The highest BCUT2D eigenvalue weighted by atomic mass is 14.7. The van der Waals surface area contributed by atoms with E-state index < -0.39 is 0 Å². The van der Waals surface area contributed by atoms with E-state index in [-0.39, 0.29) is 11.5 Å². The SMILES string of the molecule is CCCC([NH])C(C)(C)C. The number of rotatable bonds is 2. The van der Waals surface area contributed by atoms with Gasteiger partial charge < -0.3 is 0 Å². The minimum Gasteiger partial charge on any atom is -0.254 e. The molecule has 9 heavy (non-hydrogen) atoms. The first-order valence-electron chi connectivity index (χ1n) is 3.69. The van der Waals surface area contributed by atoms with Crippen LogP contribution >= 0.6 is 0 Å². The average Bonchev–Trinajstić information content (AvgIpc) is 1.64. The minimum atomic E-state index is 0.113. The molecule has 1 N–H and O–H groups in total. The van der Waals surface area contributed by atoms with Crippen LogP contribution in [-0.4, -0.2) is 6.04 Å². The molecule has 0 aliphatic rings. The molecule has 1 unspecified atom stereocenters. The van der Waals surface area contributed by atoms with Crippen molar-refractivity contribution >= 4 is 0 Å². The number of nitrogens with one attached hydrogen (secondary N) is 1. The third-order valence-electron chi connectivity index (χ3n) is 1.62. The molecule has 1 radical (unpaired) electrons. The average molecular weight is 128 g/mol. The van der Waals surface area contributed by atoms with Crippen LogP contribution in [0.3, 0.4) is 0 Å². The van der Waals surface area contributed by atoms with Crippen molar-refractivity contribution in [3.63, 3.8) is 0 Å². The first-order valence-corrected chi connectivity index (χ1v) is 3.69. The topological polar surface area (TPSA) is 23.8 Å². The van der Waals surface area contributed by atoms with E-state index in [1.807, 2.05) is 0 Å². The molecule has 0 heterocycles. The standard InChI is InChI=1S/C8H18N/c1-5-6-7(9)8(2,3)4/h7,9H,5-6H2,1-4H3. The monoisotopic (exact) mass is 128 g/mol. The maximum Gasteiger partial charge on any atom is 0.0261 e. The maximum absolute atomic E-state index is 7.62. The fourth-order valence-corrected chi connectivity index (χ4v) is 0.722. The van der Waals surface area contributed by atoms with Crippen molar-refractivity contribution in [2.75, 3.05) is 0 Å². The van der Waals surface area contributed by atoms with Crippen LogP contribution in [0.4, 0.5) is 0 Å². The number of hydrogen-bond acceptors (Lipinski definition) is 0. The zero-order valence-corrected chi connectivity index (χ0v) is 6.99. The van der Waals surface area contributed by atoms with E-state index in [1.54, 1.807) is 0 Å². The summed E-state index contributed by atoms with van der Waals surface area (Å²) in [6, 6.07) is 0.113. The van der Waals surface area contributed by atoms with Gasteiger partial charge in [0.05, 0.1) is 0 Å². The Labute approximate surface area is 58.6 Å². The van der Waals surface area contributed by atoms with Crippen molar-refractivity contribution in [2.24, 2.45) is 5.41 Å². The molecule has 1 atom stereocenters. The van der Waals surface area contributed by atoms with E-state index in [0.29, 0.717) is 0 Å². The molecule has 0 bridgehead atoms. The summed E-state index contributed by atoms with van der Waals surface area (Å²) in [5, 5.41) is 0. The predicted molar refractivity (Wildman–Crippen MR) is 41.2 cm³/mol. The van der Waals surface area contributed by atoms with Gasteiger partial charge in [0.2, 0.25) is 0 Å². The summed E-state index contributed by atoms with van der Waals surface area (Å²) in [6.07, 6.45) is 2.16. The third-order valence-corrected chi connectivity index (χ3v) is 1.62. The van der Waals surface area contributed by atoms with E-state index in [0.717, 1.165) is 12.8 Å². The summed E-state index contributed by atoms with van der Waals surface area (Å²) in [5.74, 6) is 0. The van der Waals surface area contributed by atoms with Crippen LogP contribution in [-0.2, 0) is 0 Å². The Morgan fingerprint density at radius 2 is 1.78 bits per heavy atom. The predicted octanol–water partition coefficient (Wildman–Crippen LogP) is 2.48. The lowest BCUT2D eigenvalue weighted by Crippen LogP contribution is -2.27. The van der Waals surface area contributed by atoms with Crippen molar-refractivity contribution in [1.29, 1.82) is 0 Å². The van der Waals surface area contributed by atoms with Gasteiger partial charge in [-0.15, -0.1) is 0 Å². The Morgan fingerprint density at radius 3 is 1.89 bits per heavy atom. The summed E-state index contributed by atoms with van der Waals surface area (Å²) < 4.78 is 0. The van der Waals surface area contributed by atoms with Gasteiger partial charge in [0.25, 0.3) is 0 Å². The lowest BCUT2D eigenvalue weighted by atomic mass is 9.85. The van der Waals surface area contributed by atoms with Gasteiger partial charge in [-0.05, 0) is 11.8 Å². The Hall–Kier alpha value is -0.0400. The fraction of sp³-hybridized carbons (Fsp3) is 1.00. The Morgan fingerprint density at radius 1 is 1.33 bits per heavy atom. The van der Waals surface area contributed by atoms with Gasteiger partial charge in [0, 0.05) is 6.04 Å². The summed E-state index contributed by atoms with van der Waals surface area (Å²) in [4.78, 5) is 0. The van der Waals surface area contributed by atoms with Crippen LogP contribution in [0.2, 0.25) is 0 Å². The maximum atomic E-state index is 7.62. The molecule has 0 spiro atoms. The highest BCUT2D eigenvalue weighted by Crippen LogP contribution is 2.21. The van der Waals surface area contributed by atoms with Gasteiger partial charge in [0.15, 0.2) is 0 Å². The normalized spacial score (nSPS) is 15.7. The molecule has 0 aliphatic heterocycles. The summed E-state index contributed by atoms with van der Waals surface area (Å²) in [6.45, 7) is 8.51. The van der Waals surface area contributed by atoms with Crippen LogP contribution in [0, 0.1) is 5.41 Å². The molecular formula is C8H18N. The van der Waals surface area contributed by atoms with Crippen LogP contribution in [0.25, 0.3) is 0 Å². The van der Waals surface area contributed by atoms with E-state index >= 15 is 0 Å². The van der Waals surface area contributed by atoms with Crippen molar-refractivity contribution in [3.8, 4) is 0 Å². The summed E-state index contributed by atoms with van der Waals surface area (Å²) >= 11 is 0. The molecule has 0 aromatic heterocycles. The first kappa shape index (κ1) is 8.96. The highest BCUT2D eigenvalue weighted by molar-refractivity contribution is 4.75. The van der Waals surface area contributed by atoms with Gasteiger partial charge in [-0.25, -0.2) is 0 Å². The third kappa shape index (κ3) is 3.52. The van der Waals surface area contributed by atoms with Crippen molar-refractivity contribution in [1.82, 2.24) is 5.73 Å². The lowest BCUT2D eigenvalue weighted by molar-refractivity contribution is 0.296. The van der Waals surface area contributed by atoms with Crippen LogP contribution in [0.5, 0.6) is 0 Å². The fourth-order valence-electron chi connectivity index (χ4n) is 0.722. The molecule has 0 saturated carbocycles. The second kappa shape index (κ2) is 3.21. The molecule has 0 aromatic rings. The molecule has 0 aromatic carbocycles. The largest absolute Gasteiger partial charge is 0.254 e. The van der Waals surface area contributed by atoms with E-state index in [1.165, 1.54) is 0 Å². The molecule has 0 aliphatic carbocycles. The van der Waals surface area contributed by atoms with E-state index in [9.17, 15) is 0 Å². The van der Waals surface area contributed by atoms with Gasteiger partial charge >= 0.3 is 0 Å². The molecule has 0 saturated heterocycles. The zero-order chi connectivity index (χ0) is 7.49. The Balaban J connectivity index is 3.59. The molecule has 1 heteroatoms. The Bertz CT molecular complexity index is 71.1. The molecule has 55 valence electrons. The summed E-state index contributed by atoms with van der Waals surface area (Å²) in [5.41, 5.74) is 7.80. The van der Waals surface area contributed by atoms with Gasteiger partial charge in [0.1, 0.15) is 0 Å².